The molecule has 0 aliphatic rings. The molecule has 0 aliphatic carbocycles. The van der Waals surface area contributed by atoms with E-state index in [2.05, 4.69) is 39.8 Å². The van der Waals surface area contributed by atoms with Gasteiger partial charge in [0.2, 0.25) is 5.82 Å². The highest BCUT2D eigenvalue weighted by atomic mass is 16.5. The molecule has 2 atom stereocenters. The standard InChI is InChI=1S/C28H28N4O4/c1-18(17-29-24-14-12-22(13-15-24)26(33)30-19(2)28(34)35)16-20-8-10-23(11-9-20)27-31-25(32-36-27)21-6-4-3-5-7-21/h3-15,18-19,29H,16-17H2,1-2H3,(H,30,33)(H,34,35)/t18?,19-/m0/s1. The Morgan fingerprint density at radius 3 is 2.28 bits per heavy atom. The van der Waals surface area contributed by atoms with Gasteiger partial charge in [-0.2, -0.15) is 4.98 Å². The topological polar surface area (TPSA) is 117 Å². The monoisotopic (exact) mass is 484 g/mol. The molecule has 4 aromatic rings. The first-order valence-corrected chi connectivity index (χ1v) is 11.7. The first kappa shape index (κ1) is 24.7. The number of carbonyl (C=O) groups is 2. The fourth-order valence-electron chi connectivity index (χ4n) is 3.68. The maximum absolute atomic E-state index is 12.1. The van der Waals surface area contributed by atoms with E-state index in [4.69, 9.17) is 9.63 Å². The minimum atomic E-state index is -1.07. The largest absolute Gasteiger partial charge is 0.480 e. The van der Waals surface area contributed by atoms with Crippen LogP contribution in [-0.4, -0.2) is 39.7 Å². The normalized spacial score (nSPS) is 12.5. The van der Waals surface area contributed by atoms with Gasteiger partial charge in [0.15, 0.2) is 0 Å². The number of nitrogens with one attached hydrogen (secondary N) is 2. The molecule has 3 N–H and O–H groups in total. The molecule has 0 saturated heterocycles. The summed E-state index contributed by atoms with van der Waals surface area (Å²) in [5.74, 6) is -0.0620. The van der Waals surface area contributed by atoms with Crippen molar-refractivity contribution in [3.8, 4) is 22.8 Å². The molecule has 8 heteroatoms. The Morgan fingerprint density at radius 2 is 1.61 bits per heavy atom. The quantitative estimate of drug-likeness (QED) is 0.293. The second kappa shape index (κ2) is 11.3. The van der Waals surface area contributed by atoms with Crippen LogP contribution in [0.15, 0.2) is 83.4 Å². The molecule has 0 radical (unpaired) electrons. The number of carboxylic acid groups (broad SMARTS) is 1. The van der Waals surface area contributed by atoms with Gasteiger partial charge in [0, 0.05) is 28.9 Å². The lowest BCUT2D eigenvalue weighted by Gasteiger charge is -2.14. The number of carboxylic acids is 1. The van der Waals surface area contributed by atoms with E-state index in [1.165, 1.54) is 12.5 Å². The highest BCUT2D eigenvalue weighted by molar-refractivity contribution is 5.96. The van der Waals surface area contributed by atoms with Crippen LogP contribution >= 0.6 is 0 Å². The molecule has 0 bridgehead atoms. The molecule has 0 spiro atoms. The molecule has 0 aliphatic heterocycles. The Bertz CT molecular complexity index is 1300. The number of hydrogen-bond donors (Lipinski definition) is 3. The van der Waals surface area contributed by atoms with Crippen molar-refractivity contribution in [2.45, 2.75) is 26.3 Å². The number of hydrogen-bond acceptors (Lipinski definition) is 6. The average Bonchev–Trinajstić information content (AvgIpc) is 3.39. The highest BCUT2D eigenvalue weighted by Gasteiger charge is 2.15. The van der Waals surface area contributed by atoms with Gasteiger partial charge in [-0.1, -0.05) is 54.5 Å². The first-order valence-electron chi connectivity index (χ1n) is 11.7. The van der Waals surface area contributed by atoms with Crippen LogP contribution in [0.5, 0.6) is 0 Å². The molecule has 4 rings (SSSR count). The molecule has 1 amide bonds. The molecular formula is C28H28N4O4. The molecule has 1 unspecified atom stereocenters. The van der Waals surface area contributed by atoms with E-state index in [1.807, 2.05) is 54.6 Å². The summed E-state index contributed by atoms with van der Waals surface area (Å²) in [5.41, 5.74) is 4.30. The zero-order valence-electron chi connectivity index (χ0n) is 20.1. The Labute approximate surface area is 209 Å². The predicted octanol–water partition coefficient (Wildman–Crippen LogP) is 4.90. The average molecular weight is 485 g/mol. The number of rotatable bonds is 10. The van der Waals surface area contributed by atoms with Crippen molar-refractivity contribution in [1.82, 2.24) is 15.5 Å². The van der Waals surface area contributed by atoms with Crippen molar-refractivity contribution in [1.29, 1.82) is 0 Å². The van der Waals surface area contributed by atoms with Crippen LogP contribution < -0.4 is 10.6 Å². The van der Waals surface area contributed by atoms with E-state index in [0.29, 0.717) is 23.2 Å². The van der Waals surface area contributed by atoms with Gasteiger partial charge in [-0.25, -0.2) is 0 Å². The summed E-state index contributed by atoms with van der Waals surface area (Å²) in [7, 11) is 0. The number of aromatic nitrogens is 2. The summed E-state index contributed by atoms with van der Waals surface area (Å²) in [6.45, 7) is 4.35. The molecule has 0 saturated carbocycles. The molecule has 0 fully saturated rings. The Hall–Kier alpha value is -4.46. The first-order chi connectivity index (χ1) is 17.4. The lowest BCUT2D eigenvalue weighted by Crippen LogP contribution is -2.38. The summed E-state index contributed by atoms with van der Waals surface area (Å²) in [5, 5.41) is 18.8. The second-order valence-corrected chi connectivity index (χ2v) is 8.79. The van der Waals surface area contributed by atoms with Gasteiger partial charge < -0.3 is 20.3 Å². The third-order valence-corrected chi connectivity index (χ3v) is 5.76. The molecule has 8 nitrogen and oxygen atoms in total. The van der Waals surface area contributed by atoms with E-state index in [0.717, 1.165) is 29.8 Å². The lowest BCUT2D eigenvalue weighted by molar-refractivity contribution is -0.138. The van der Waals surface area contributed by atoms with Gasteiger partial charge in [0.1, 0.15) is 6.04 Å². The number of carbonyl (C=O) groups excluding carboxylic acids is 1. The van der Waals surface area contributed by atoms with Gasteiger partial charge >= 0.3 is 5.97 Å². The van der Waals surface area contributed by atoms with E-state index < -0.39 is 17.9 Å². The van der Waals surface area contributed by atoms with Crippen LogP contribution in [0.2, 0.25) is 0 Å². The SMILES string of the molecule is CC(CNc1ccc(C(=O)N[C@@H](C)C(=O)O)cc1)Cc1ccc(-c2nc(-c3ccccc3)no2)cc1. The van der Waals surface area contributed by atoms with Crippen LogP contribution in [0.1, 0.15) is 29.8 Å². The number of benzene rings is 3. The molecule has 36 heavy (non-hydrogen) atoms. The lowest BCUT2D eigenvalue weighted by atomic mass is 10.00. The van der Waals surface area contributed by atoms with Crippen LogP contribution in [0.4, 0.5) is 5.69 Å². The van der Waals surface area contributed by atoms with E-state index in [1.54, 1.807) is 12.1 Å². The number of aliphatic carboxylic acids is 1. The molecular weight excluding hydrogens is 456 g/mol. The van der Waals surface area contributed by atoms with Crippen molar-refractivity contribution < 1.29 is 19.2 Å². The molecule has 1 heterocycles. The summed E-state index contributed by atoms with van der Waals surface area (Å²) in [4.78, 5) is 27.5. The van der Waals surface area contributed by atoms with Gasteiger partial charge in [-0.05, 0) is 61.2 Å². The Kier molecular flexibility index (Phi) is 7.75. The summed E-state index contributed by atoms with van der Waals surface area (Å²) >= 11 is 0. The minimum Gasteiger partial charge on any atom is -0.480 e. The van der Waals surface area contributed by atoms with Crippen molar-refractivity contribution in [2.75, 3.05) is 11.9 Å². The second-order valence-electron chi connectivity index (χ2n) is 8.79. The van der Waals surface area contributed by atoms with Crippen LogP contribution in [0.3, 0.4) is 0 Å². The fraction of sp³-hybridized carbons (Fsp3) is 0.214. The third kappa shape index (κ3) is 6.35. The van der Waals surface area contributed by atoms with Crippen LogP contribution in [0.25, 0.3) is 22.8 Å². The van der Waals surface area contributed by atoms with Gasteiger partial charge in [0.05, 0.1) is 0 Å². The summed E-state index contributed by atoms with van der Waals surface area (Å²) < 4.78 is 5.44. The highest BCUT2D eigenvalue weighted by Crippen LogP contribution is 2.23. The van der Waals surface area contributed by atoms with E-state index in [-0.39, 0.29) is 0 Å². The van der Waals surface area contributed by atoms with Crippen molar-refractivity contribution >= 4 is 17.6 Å². The van der Waals surface area contributed by atoms with Gasteiger partial charge in [-0.3, -0.25) is 9.59 Å². The van der Waals surface area contributed by atoms with E-state index >= 15 is 0 Å². The van der Waals surface area contributed by atoms with Gasteiger partial charge in [0.25, 0.3) is 11.8 Å². The molecule has 1 aromatic heterocycles. The summed E-state index contributed by atoms with van der Waals surface area (Å²) in [6, 6.07) is 23.9. The fourth-order valence-corrected chi connectivity index (χ4v) is 3.68. The maximum Gasteiger partial charge on any atom is 0.325 e. The summed E-state index contributed by atoms with van der Waals surface area (Å²) in [6.07, 6.45) is 0.889. The van der Waals surface area contributed by atoms with Crippen molar-refractivity contribution in [2.24, 2.45) is 5.92 Å². The number of anilines is 1. The zero-order chi connectivity index (χ0) is 25.5. The van der Waals surface area contributed by atoms with Crippen LogP contribution in [0, 0.1) is 5.92 Å². The molecule has 184 valence electrons. The van der Waals surface area contributed by atoms with Crippen molar-refractivity contribution in [3.05, 3.63) is 90.0 Å². The zero-order valence-corrected chi connectivity index (χ0v) is 20.1. The third-order valence-electron chi connectivity index (χ3n) is 5.76. The Balaban J connectivity index is 1.27. The van der Waals surface area contributed by atoms with Gasteiger partial charge in [-0.15, -0.1) is 0 Å². The van der Waals surface area contributed by atoms with Crippen molar-refractivity contribution in [3.63, 3.8) is 0 Å². The Morgan fingerprint density at radius 1 is 0.917 bits per heavy atom. The van der Waals surface area contributed by atoms with E-state index in [9.17, 15) is 9.59 Å². The molecule has 3 aromatic carbocycles. The minimum absolute atomic E-state index is 0.364. The number of nitrogens with zero attached hydrogens (tertiary/aromatic N) is 2. The maximum atomic E-state index is 12.1. The smallest absolute Gasteiger partial charge is 0.325 e. The predicted molar refractivity (Wildman–Crippen MR) is 138 cm³/mol. The van der Waals surface area contributed by atoms with Crippen LogP contribution in [-0.2, 0) is 11.2 Å². The number of amides is 1.